The van der Waals surface area contributed by atoms with Crippen LogP contribution >= 0.6 is 0 Å². The normalized spacial score (nSPS) is 36.3. The lowest BCUT2D eigenvalue weighted by atomic mass is 9.48. The van der Waals surface area contributed by atoms with Gasteiger partial charge >= 0.3 is 0 Å². The van der Waals surface area contributed by atoms with Crippen molar-refractivity contribution in [2.45, 2.75) is 44.1 Å². The molecule has 1 N–H and O–H groups in total. The summed E-state index contributed by atoms with van der Waals surface area (Å²) in [6.45, 7) is 3.06. The van der Waals surface area contributed by atoms with Gasteiger partial charge in [-0.3, -0.25) is 4.79 Å². The Hall–Kier alpha value is -1.55. The highest BCUT2D eigenvalue weighted by Crippen LogP contribution is 2.60. The van der Waals surface area contributed by atoms with Crippen molar-refractivity contribution >= 4 is 5.78 Å². The van der Waals surface area contributed by atoms with Gasteiger partial charge in [0.25, 0.3) is 0 Å². The number of phenolic OH excluding ortho intramolecular Hbond substituents is 1. The Morgan fingerprint density at radius 3 is 2.91 bits per heavy atom. The van der Waals surface area contributed by atoms with E-state index in [4.69, 9.17) is 4.74 Å². The number of hydrogen-bond acceptors (Lipinski definition) is 4. The molecule has 0 radical (unpaired) electrons. The molecule has 124 valence electrons. The van der Waals surface area contributed by atoms with Crippen LogP contribution in [0, 0.1) is 11.8 Å². The van der Waals surface area contributed by atoms with Crippen molar-refractivity contribution in [3.05, 3.63) is 23.3 Å². The number of ketones is 1. The van der Waals surface area contributed by atoms with Crippen molar-refractivity contribution < 1.29 is 14.6 Å². The smallest absolute Gasteiger partial charge is 0.161 e. The predicted octanol–water partition coefficient (Wildman–Crippen LogP) is 2.51. The van der Waals surface area contributed by atoms with Gasteiger partial charge in [-0.1, -0.05) is 13.0 Å². The minimum Gasteiger partial charge on any atom is -0.504 e. The summed E-state index contributed by atoms with van der Waals surface area (Å²) < 4.78 is 5.36. The Labute approximate surface area is 137 Å². The molecule has 1 saturated carbocycles. The van der Waals surface area contributed by atoms with Gasteiger partial charge in [0, 0.05) is 29.4 Å². The van der Waals surface area contributed by atoms with E-state index in [0.29, 0.717) is 29.9 Å². The number of likely N-dealkylation sites (N-methyl/N-ethyl adjacent to an activating group) is 1. The molecule has 23 heavy (non-hydrogen) atoms. The number of carbonyl (C=O) groups excluding carboxylic acids is 1. The number of benzene rings is 1. The van der Waals surface area contributed by atoms with Gasteiger partial charge in [0.2, 0.25) is 0 Å². The first-order valence-corrected chi connectivity index (χ1v) is 8.63. The summed E-state index contributed by atoms with van der Waals surface area (Å²) in [7, 11) is 3.79. The second-order valence-electron chi connectivity index (χ2n) is 7.53. The molecule has 1 heterocycles. The van der Waals surface area contributed by atoms with Crippen LogP contribution in [-0.4, -0.2) is 42.5 Å². The molecule has 2 fully saturated rings. The summed E-state index contributed by atoms with van der Waals surface area (Å²) in [5.41, 5.74) is 1.98. The number of aromatic hydroxyl groups is 1. The number of fused-ring (bicyclic) bond motifs is 1. The monoisotopic (exact) mass is 315 g/mol. The predicted molar refractivity (Wildman–Crippen MR) is 88.0 cm³/mol. The number of carbonyl (C=O) groups is 1. The second kappa shape index (κ2) is 4.97. The van der Waals surface area contributed by atoms with E-state index in [1.54, 1.807) is 7.11 Å². The maximum atomic E-state index is 12.6. The minimum atomic E-state index is -0.223. The van der Waals surface area contributed by atoms with Crippen LogP contribution in [-0.2, 0) is 16.6 Å². The zero-order chi connectivity index (χ0) is 16.4. The molecule has 4 heteroatoms. The summed E-state index contributed by atoms with van der Waals surface area (Å²) in [6.07, 6.45) is 3.51. The zero-order valence-electron chi connectivity index (χ0n) is 14.1. The number of rotatable bonds is 1. The third-order valence-corrected chi connectivity index (χ3v) is 6.87. The van der Waals surface area contributed by atoms with E-state index in [1.165, 1.54) is 5.56 Å². The number of Topliss-reactive ketones (excluding diaryl/α,β-unsaturated/α-hetero) is 1. The third kappa shape index (κ3) is 1.78. The fraction of sp³-hybridized carbons (Fsp3) is 0.632. The van der Waals surface area contributed by atoms with E-state index >= 15 is 0 Å². The first kappa shape index (κ1) is 15.0. The molecule has 0 amide bonds. The van der Waals surface area contributed by atoms with Gasteiger partial charge in [-0.25, -0.2) is 0 Å². The van der Waals surface area contributed by atoms with Crippen LogP contribution in [0.2, 0.25) is 0 Å². The number of ether oxygens (including phenoxy) is 1. The molecule has 0 spiro atoms. The van der Waals surface area contributed by atoms with E-state index in [0.717, 1.165) is 31.4 Å². The molecular formula is C19H25NO3. The summed E-state index contributed by atoms with van der Waals surface area (Å²) in [6, 6.07) is 4.42. The lowest BCUT2D eigenvalue weighted by Gasteiger charge is -2.60. The van der Waals surface area contributed by atoms with Gasteiger partial charge in [0.1, 0.15) is 5.78 Å². The van der Waals surface area contributed by atoms with Gasteiger partial charge in [-0.2, -0.15) is 0 Å². The zero-order valence-corrected chi connectivity index (χ0v) is 14.1. The molecule has 4 nitrogen and oxygen atoms in total. The number of phenols is 1. The van der Waals surface area contributed by atoms with Crippen LogP contribution in [0.1, 0.15) is 37.3 Å². The van der Waals surface area contributed by atoms with E-state index in [9.17, 15) is 9.90 Å². The van der Waals surface area contributed by atoms with Gasteiger partial charge in [0.15, 0.2) is 11.5 Å². The van der Waals surface area contributed by atoms with Gasteiger partial charge < -0.3 is 14.7 Å². The van der Waals surface area contributed by atoms with Crippen molar-refractivity contribution in [1.82, 2.24) is 4.90 Å². The van der Waals surface area contributed by atoms with Crippen molar-refractivity contribution in [2.24, 2.45) is 11.8 Å². The molecule has 1 aromatic carbocycles. The van der Waals surface area contributed by atoms with Crippen molar-refractivity contribution in [1.29, 1.82) is 0 Å². The Morgan fingerprint density at radius 2 is 2.17 bits per heavy atom. The average Bonchev–Trinajstić information content (AvgIpc) is 2.54. The highest BCUT2D eigenvalue weighted by atomic mass is 16.5. The Balaban J connectivity index is 1.99. The highest BCUT2D eigenvalue weighted by molar-refractivity contribution is 5.84. The van der Waals surface area contributed by atoms with E-state index in [1.807, 2.05) is 6.07 Å². The van der Waals surface area contributed by atoms with Crippen LogP contribution in [0.4, 0.5) is 0 Å². The van der Waals surface area contributed by atoms with E-state index in [-0.39, 0.29) is 17.1 Å². The Bertz CT molecular complexity index is 671. The molecule has 3 aliphatic rings. The van der Waals surface area contributed by atoms with E-state index < -0.39 is 0 Å². The molecule has 2 bridgehead atoms. The first-order chi connectivity index (χ1) is 11.0. The molecule has 1 saturated heterocycles. The summed E-state index contributed by atoms with van der Waals surface area (Å²) >= 11 is 0. The Kier molecular flexibility index (Phi) is 3.24. The molecule has 1 unspecified atom stereocenters. The van der Waals surface area contributed by atoms with Crippen molar-refractivity contribution in [2.75, 3.05) is 20.7 Å². The molecule has 1 aromatic rings. The second-order valence-corrected chi connectivity index (χ2v) is 7.53. The fourth-order valence-electron chi connectivity index (χ4n) is 5.67. The van der Waals surface area contributed by atoms with Crippen LogP contribution < -0.4 is 4.74 Å². The summed E-state index contributed by atoms with van der Waals surface area (Å²) in [5, 5.41) is 10.9. The third-order valence-electron chi connectivity index (χ3n) is 6.87. The Morgan fingerprint density at radius 1 is 1.39 bits per heavy atom. The summed E-state index contributed by atoms with van der Waals surface area (Å²) in [5.74, 6) is 1.55. The molecule has 1 aliphatic heterocycles. The maximum absolute atomic E-state index is 12.6. The highest BCUT2D eigenvalue weighted by Gasteiger charge is 2.59. The fourth-order valence-corrected chi connectivity index (χ4v) is 5.67. The van der Waals surface area contributed by atoms with Crippen LogP contribution in [0.15, 0.2) is 12.1 Å². The van der Waals surface area contributed by atoms with Crippen LogP contribution in [0.5, 0.6) is 11.5 Å². The van der Waals surface area contributed by atoms with Gasteiger partial charge in [-0.05, 0) is 50.4 Å². The topological polar surface area (TPSA) is 49.8 Å². The minimum absolute atomic E-state index is 0.0329. The average molecular weight is 315 g/mol. The quantitative estimate of drug-likeness (QED) is 0.865. The van der Waals surface area contributed by atoms with Crippen LogP contribution in [0.25, 0.3) is 0 Å². The number of methoxy groups -OCH3 is 1. The van der Waals surface area contributed by atoms with Crippen molar-refractivity contribution in [3.8, 4) is 11.5 Å². The molecule has 2 aliphatic carbocycles. The maximum Gasteiger partial charge on any atom is 0.161 e. The van der Waals surface area contributed by atoms with Crippen molar-refractivity contribution in [3.63, 3.8) is 0 Å². The van der Waals surface area contributed by atoms with Gasteiger partial charge in [0.05, 0.1) is 7.11 Å². The van der Waals surface area contributed by atoms with E-state index in [2.05, 4.69) is 24.9 Å². The summed E-state index contributed by atoms with van der Waals surface area (Å²) in [4.78, 5) is 15.0. The first-order valence-electron chi connectivity index (χ1n) is 8.63. The number of nitrogens with zero attached hydrogens (tertiary/aromatic N) is 1. The number of likely N-dealkylation sites (tertiary alicyclic amines) is 1. The SMILES string of the molecule is COc1ccc2c(c1O)[C@@]13CCN(C)[C@H](C2)[C@H]1CCC(=O)C3C. The molecular weight excluding hydrogens is 290 g/mol. The molecule has 4 rings (SSSR count). The standard InChI is InChI=1S/C19H25NO3/c1-11-15(21)6-5-13-14-10-12-4-7-16(23-3)18(22)17(12)19(11,13)8-9-20(14)2/h4,7,11,13-14,22H,5-6,8-10H2,1-3H3/t11?,13-,14-,19-/m1/s1. The molecule has 0 aromatic heterocycles. The van der Waals surface area contributed by atoms with Crippen LogP contribution in [0.3, 0.4) is 0 Å². The van der Waals surface area contributed by atoms with Gasteiger partial charge in [-0.15, -0.1) is 0 Å². The lowest BCUT2D eigenvalue weighted by molar-refractivity contribution is -0.134. The largest absolute Gasteiger partial charge is 0.504 e. The molecule has 4 atom stereocenters. The number of piperidine rings is 1. The number of hydrogen-bond donors (Lipinski definition) is 1. The lowest BCUT2D eigenvalue weighted by Crippen LogP contribution is -2.63.